The Morgan fingerprint density at radius 2 is 1.72 bits per heavy atom. The van der Waals surface area contributed by atoms with Gasteiger partial charge in [0.05, 0.1) is 0 Å². The smallest absolute Gasteiger partial charge is 0.242 e. The number of amides is 2. The second kappa shape index (κ2) is 12.3. The summed E-state index contributed by atoms with van der Waals surface area (Å²) in [4.78, 5) is 29.1. The molecule has 0 radical (unpaired) electrons. The molecule has 2 aromatic carbocycles. The first-order valence-electron chi connectivity index (χ1n) is 11.5. The molecule has 6 heteroatoms. The number of thioether (sulfide) groups is 1. The molecule has 172 valence electrons. The van der Waals surface area contributed by atoms with Crippen LogP contribution in [-0.2, 0) is 16.1 Å². The van der Waals surface area contributed by atoms with Crippen molar-refractivity contribution in [1.82, 2.24) is 10.2 Å². The Morgan fingerprint density at radius 1 is 1.06 bits per heavy atom. The average molecular weight is 473 g/mol. The number of aryl methyl sites for hydroxylation is 1. The highest BCUT2D eigenvalue weighted by Crippen LogP contribution is 2.22. The van der Waals surface area contributed by atoms with Crippen molar-refractivity contribution in [2.75, 3.05) is 5.75 Å². The van der Waals surface area contributed by atoms with Crippen LogP contribution in [0.4, 0.5) is 0 Å². The second-order valence-corrected chi connectivity index (χ2v) is 10.2. The van der Waals surface area contributed by atoms with Gasteiger partial charge in [0.2, 0.25) is 11.8 Å². The minimum atomic E-state index is -0.524. The van der Waals surface area contributed by atoms with Gasteiger partial charge in [-0.25, -0.2) is 0 Å². The first-order chi connectivity index (χ1) is 15.4. The summed E-state index contributed by atoms with van der Waals surface area (Å²) in [6.45, 7) is 4.29. The Morgan fingerprint density at radius 3 is 2.38 bits per heavy atom. The quantitative estimate of drug-likeness (QED) is 0.455. The molecule has 1 fully saturated rings. The van der Waals surface area contributed by atoms with E-state index < -0.39 is 6.04 Å². The molecule has 0 heterocycles. The van der Waals surface area contributed by atoms with Crippen molar-refractivity contribution in [1.29, 1.82) is 0 Å². The summed E-state index contributed by atoms with van der Waals surface area (Å²) in [5.41, 5.74) is 2.18. The molecule has 0 saturated heterocycles. The van der Waals surface area contributed by atoms with E-state index in [0.29, 0.717) is 23.7 Å². The zero-order valence-electron chi connectivity index (χ0n) is 19.0. The third kappa shape index (κ3) is 7.56. The molecule has 0 unspecified atom stereocenters. The largest absolute Gasteiger partial charge is 0.352 e. The predicted molar refractivity (Wildman–Crippen MR) is 133 cm³/mol. The second-order valence-electron chi connectivity index (χ2n) is 8.58. The van der Waals surface area contributed by atoms with Gasteiger partial charge in [-0.05, 0) is 56.5 Å². The first-order valence-corrected chi connectivity index (χ1v) is 12.8. The number of hydrogen-bond donors (Lipinski definition) is 1. The van der Waals surface area contributed by atoms with Crippen LogP contribution in [-0.4, -0.2) is 34.6 Å². The fourth-order valence-corrected chi connectivity index (χ4v) is 4.94. The van der Waals surface area contributed by atoms with E-state index in [1.54, 1.807) is 16.7 Å². The van der Waals surface area contributed by atoms with Gasteiger partial charge < -0.3 is 10.2 Å². The zero-order valence-corrected chi connectivity index (χ0v) is 20.6. The van der Waals surface area contributed by atoms with Gasteiger partial charge in [-0.1, -0.05) is 60.7 Å². The molecule has 1 N–H and O–H groups in total. The summed E-state index contributed by atoms with van der Waals surface area (Å²) < 4.78 is 0. The Kier molecular flexibility index (Phi) is 9.49. The zero-order chi connectivity index (χ0) is 22.9. The molecule has 0 spiro atoms. The molecule has 0 bridgehead atoms. The minimum absolute atomic E-state index is 0.00847. The fraction of sp³-hybridized carbons (Fsp3) is 0.462. The lowest BCUT2D eigenvalue weighted by Crippen LogP contribution is -2.50. The van der Waals surface area contributed by atoms with Gasteiger partial charge in [-0.3, -0.25) is 9.59 Å². The van der Waals surface area contributed by atoms with E-state index >= 15 is 0 Å². The van der Waals surface area contributed by atoms with Gasteiger partial charge in [0.1, 0.15) is 6.04 Å². The first kappa shape index (κ1) is 24.7. The Bertz CT molecular complexity index is 880. The van der Waals surface area contributed by atoms with Crippen LogP contribution in [0.5, 0.6) is 0 Å². The van der Waals surface area contributed by atoms with E-state index in [2.05, 4.69) is 36.5 Å². The molecule has 1 aliphatic rings. The molecular formula is C26H33ClN2O2S. The number of rotatable bonds is 9. The monoisotopic (exact) mass is 472 g/mol. The van der Waals surface area contributed by atoms with Crippen LogP contribution < -0.4 is 5.32 Å². The highest BCUT2D eigenvalue weighted by molar-refractivity contribution is 7.99. The maximum atomic E-state index is 13.2. The lowest BCUT2D eigenvalue weighted by atomic mass is 9.95. The van der Waals surface area contributed by atoms with E-state index in [-0.39, 0.29) is 17.9 Å². The molecule has 3 rings (SSSR count). The van der Waals surface area contributed by atoms with Gasteiger partial charge >= 0.3 is 0 Å². The summed E-state index contributed by atoms with van der Waals surface area (Å²) in [5.74, 6) is 0.604. The molecule has 1 saturated carbocycles. The summed E-state index contributed by atoms with van der Waals surface area (Å²) in [7, 11) is 0. The van der Waals surface area contributed by atoms with Gasteiger partial charge in [0, 0.05) is 34.7 Å². The van der Waals surface area contributed by atoms with E-state index in [0.717, 1.165) is 36.1 Å². The predicted octanol–water partition coefficient (Wildman–Crippen LogP) is 6.00. The third-order valence-electron chi connectivity index (χ3n) is 5.99. The van der Waals surface area contributed by atoms with Gasteiger partial charge in [-0.15, -0.1) is 11.8 Å². The highest BCUT2D eigenvalue weighted by atomic mass is 35.5. The number of carbonyl (C=O) groups excluding carboxylic acids is 2. The van der Waals surface area contributed by atoms with E-state index in [9.17, 15) is 9.59 Å². The molecular weight excluding hydrogens is 440 g/mol. The van der Waals surface area contributed by atoms with Crippen LogP contribution in [0, 0.1) is 6.92 Å². The Balaban J connectivity index is 1.64. The van der Waals surface area contributed by atoms with Crippen LogP contribution in [0.2, 0.25) is 5.02 Å². The molecule has 4 nitrogen and oxygen atoms in total. The number of hydrogen-bond acceptors (Lipinski definition) is 3. The Labute approximate surface area is 201 Å². The SMILES string of the molecule is Cc1ccc(SCCC(=O)N(Cc2ccc(Cl)cc2)[C@H](C)C(=O)NC2CCCCC2)cc1. The topological polar surface area (TPSA) is 49.4 Å². The number of benzene rings is 2. The van der Waals surface area contributed by atoms with E-state index in [4.69, 9.17) is 11.6 Å². The fourth-order valence-electron chi connectivity index (χ4n) is 3.97. The van der Waals surface area contributed by atoms with Crippen LogP contribution >= 0.6 is 23.4 Å². The molecule has 2 amide bonds. The third-order valence-corrected chi connectivity index (χ3v) is 7.26. The number of nitrogens with zero attached hydrogens (tertiary/aromatic N) is 1. The summed E-state index contributed by atoms with van der Waals surface area (Å²) in [5, 5.41) is 3.83. The van der Waals surface area contributed by atoms with Crippen LogP contribution in [0.25, 0.3) is 0 Å². The van der Waals surface area contributed by atoms with Crippen molar-refractivity contribution in [2.45, 2.75) is 75.9 Å². The molecule has 1 atom stereocenters. The van der Waals surface area contributed by atoms with E-state index in [1.165, 1.54) is 12.0 Å². The van der Waals surface area contributed by atoms with Crippen LogP contribution in [0.3, 0.4) is 0 Å². The van der Waals surface area contributed by atoms with E-state index in [1.807, 2.05) is 31.2 Å². The molecule has 2 aromatic rings. The average Bonchev–Trinajstić information content (AvgIpc) is 2.80. The maximum absolute atomic E-state index is 13.2. The lowest BCUT2D eigenvalue weighted by Gasteiger charge is -2.31. The van der Waals surface area contributed by atoms with Gasteiger partial charge in [0.15, 0.2) is 0 Å². The van der Waals surface area contributed by atoms with Crippen molar-refractivity contribution < 1.29 is 9.59 Å². The Hall–Kier alpha value is -1.98. The number of carbonyl (C=O) groups is 2. The molecule has 0 aliphatic heterocycles. The summed E-state index contributed by atoms with van der Waals surface area (Å²) in [6, 6.07) is 15.5. The minimum Gasteiger partial charge on any atom is -0.352 e. The summed E-state index contributed by atoms with van der Waals surface area (Å²) >= 11 is 7.69. The van der Waals surface area contributed by atoms with Gasteiger partial charge in [0.25, 0.3) is 0 Å². The number of nitrogens with one attached hydrogen (secondary N) is 1. The molecule has 32 heavy (non-hydrogen) atoms. The van der Waals surface area contributed by atoms with Crippen molar-refractivity contribution in [3.8, 4) is 0 Å². The lowest BCUT2D eigenvalue weighted by molar-refractivity contribution is -0.140. The summed E-state index contributed by atoms with van der Waals surface area (Å²) in [6.07, 6.45) is 5.98. The van der Waals surface area contributed by atoms with Crippen molar-refractivity contribution in [2.24, 2.45) is 0 Å². The standard InChI is InChI=1S/C26H33ClN2O2S/c1-19-8-14-24(15-9-19)32-17-16-25(30)29(18-21-10-12-22(27)13-11-21)20(2)26(31)28-23-6-4-3-5-7-23/h8-15,20,23H,3-7,16-18H2,1-2H3,(H,28,31)/t20-/m1/s1. The molecule has 1 aliphatic carbocycles. The van der Waals surface area contributed by atoms with Gasteiger partial charge in [-0.2, -0.15) is 0 Å². The van der Waals surface area contributed by atoms with Crippen LogP contribution in [0.15, 0.2) is 53.4 Å². The maximum Gasteiger partial charge on any atom is 0.242 e. The van der Waals surface area contributed by atoms with Crippen LogP contribution in [0.1, 0.15) is 56.6 Å². The van der Waals surface area contributed by atoms with Crippen molar-refractivity contribution >= 4 is 35.2 Å². The highest BCUT2D eigenvalue weighted by Gasteiger charge is 2.27. The normalized spacial score (nSPS) is 15.2. The van der Waals surface area contributed by atoms with Crippen molar-refractivity contribution in [3.63, 3.8) is 0 Å². The molecule has 0 aromatic heterocycles. The number of halogens is 1. The van der Waals surface area contributed by atoms with Crippen molar-refractivity contribution in [3.05, 3.63) is 64.7 Å².